The lowest BCUT2D eigenvalue weighted by Crippen LogP contribution is -2.37. The standard InChI is InChI=1S/C15H27NO4S/c1-15(2,3)20-13(17)16-10-12(21-14(18)19)9-11-7-5-4-6-8-11/h11-12H,4-10H2,1-3H3,(H,16,17)(H,18,19)/t12-/m0/s1. The molecule has 1 fully saturated rings. The van der Waals surface area contributed by atoms with E-state index in [4.69, 9.17) is 9.84 Å². The fourth-order valence-electron chi connectivity index (χ4n) is 2.62. The molecule has 0 aromatic rings. The van der Waals surface area contributed by atoms with Crippen LogP contribution >= 0.6 is 11.8 Å². The smallest absolute Gasteiger partial charge is 0.407 e. The van der Waals surface area contributed by atoms with E-state index in [2.05, 4.69) is 5.32 Å². The molecule has 6 heteroatoms. The molecule has 0 unspecified atom stereocenters. The predicted octanol–water partition coefficient (Wildman–Crippen LogP) is 4.26. The van der Waals surface area contributed by atoms with Gasteiger partial charge in [0.1, 0.15) is 5.60 Å². The van der Waals surface area contributed by atoms with Crippen LogP contribution in [0.25, 0.3) is 0 Å². The quantitative estimate of drug-likeness (QED) is 0.792. The lowest BCUT2D eigenvalue weighted by Gasteiger charge is -2.26. The third-order valence-corrected chi connectivity index (χ3v) is 4.36. The molecule has 0 saturated heterocycles. The third-order valence-electron chi connectivity index (χ3n) is 3.46. The molecule has 1 atom stereocenters. The molecule has 1 rings (SSSR count). The van der Waals surface area contributed by atoms with E-state index in [1.54, 1.807) is 20.8 Å². The van der Waals surface area contributed by atoms with Gasteiger partial charge in [0, 0.05) is 11.8 Å². The maximum absolute atomic E-state index is 11.7. The van der Waals surface area contributed by atoms with Crippen LogP contribution in [0, 0.1) is 5.92 Å². The number of ether oxygens (including phenoxy) is 1. The number of carboxylic acid groups (broad SMARTS) is 1. The van der Waals surface area contributed by atoms with Gasteiger partial charge in [-0.3, -0.25) is 0 Å². The van der Waals surface area contributed by atoms with Gasteiger partial charge >= 0.3 is 11.4 Å². The zero-order chi connectivity index (χ0) is 15.9. The number of nitrogens with one attached hydrogen (secondary N) is 1. The van der Waals surface area contributed by atoms with E-state index in [1.807, 2.05) is 0 Å². The minimum Gasteiger partial charge on any atom is -0.473 e. The van der Waals surface area contributed by atoms with E-state index in [-0.39, 0.29) is 5.25 Å². The molecule has 1 saturated carbocycles. The third kappa shape index (κ3) is 8.86. The Kier molecular flexibility index (Phi) is 7.35. The molecule has 5 nitrogen and oxygen atoms in total. The fourth-order valence-corrected chi connectivity index (χ4v) is 3.44. The van der Waals surface area contributed by atoms with E-state index in [0.29, 0.717) is 12.5 Å². The molecule has 0 heterocycles. The summed E-state index contributed by atoms with van der Waals surface area (Å²) in [6, 6.07) is 0. The molecule has 1 aliphatic rings. The fraction of sp³-hybridized carbons (Fsp3) is 0.867. The number of carbonyl (C=O) groups excluding carboxylic acids is 1. The second-order valence-corrected chi connectivity index (χ2v) is 7.88. The van der Waals surface area contributed by atoms with Crippen molar-refractivity contribution < 1.29 is 19.4 Å². The van der Waals surface area contributed by atoms with Crippen LogP contribution in [0.3, 0.4) is 0 Å². The van der Waals surface area contributed by atoms with Crippen molar-refractivity contribution in [1.82, 2.24) is 5.32 Å². The minimum atomic E-state index is -0.887. The van der Waals surface area contributed by atoms with Crippen LogP contribution in [0.5, 0.6) is 0 Å². The van der Waals surface area contributed by atoms with Crippen molar-refractivity contribution in [3.63, 3.8) is 0 Å². The van der Waals surface area contributed by atoms with Gasteiger partial charge in [-0.2, -0.15) is 0 Å². The summed E-state index contributed by atoms with van der Waals surface area (Å²) in [5.41, 5.74) is -0.539. The molecule has 0 spiro atoms. The van der Waals surface area contributed by atoms with Gasteiger partial charge in [-0.25, -0.2) is 9.59 Å². The van der Waals surface area contributed by atoms with Crippen LogP contribution in [-0.4, -0.2) is 33.9 Å². The number of thioether (sulfide) groups is 1. The van der Waals surface area contributed by atoms with Crippen molar-refractivity contribution >= 4 is 23.2 Å². The number of carbonyl (C=O) groups is 2. The highest BCUT2D eigenvalue weighted by atomic mass is 32.2. The van der Waals surface area contributed by atoms with Gasteiger partial charge in [0.25, 0.3) is 0 Å². The summed E-state index contributed by atoms with van der Waals surface area (Å²) < 4.78 is 5.18. The van der Waals surface area contributed by atoms with Crippen molar-refractivity contribution in [2.45, 2.75) is 70.1 Å². The second kappa shape index (κ2) is 8.51. The van der Waals surface area contributed by atoms with E-state index in [0.717, 1.165) is 18.2 Å². The van der Waals surface area contributed by atoms with E-state index < -0.39 is 17.0 Å². The van der Waals surface area contributed by atoms with Crippen LogP contribution in [0.1, 0.15) is 59.3 Å². The number of amides is 1. The zero-order valence-electron chi connectivity index (χ0n) is 13.2. The SMILES string of the molecule is CC(C)(C)OC(=O)NC[C@H](CC1CCCCC1)SC(=O)O. The number of alkyl carbamates (subject to hydrolysis) is 1. The summed E-state index contributed by atoms with van der Waals surface area (Å²) in [6.45, 7) is 5.75. The minimum absolute atomic E-state index is 0.0990. The molecule has 0 radical (unpaired) electrons. The van der Waals surface area contributed by atoms with E-state index in [1.165, 1.54) is 32.1 Å². The molecular weight excluding hydrogens is 290 g/mol. The Morgan fingerprint density at radius 2 is 1.90 bits per heavy atom. The van der Waals surface area contributed by atoms with Crippen LogP contribution < -0.4 is 5.32 Å². The summed E-state index contributed by atoms with van der Waals surface area (Å²) in [4.78, 5) is 22.6. The predicted molar refractivity (Wildman–Crippen MR) is 84.8 cm³/mol. The zero-order valence-corrected chi connectivity index (χ0v) is 14.0. The van der Waals surface area contributed by atoms with Crippen molar-refractivity contribution in [2.24, 2.45) is 5.92 Å². The Labute approximate surface area is 131 Å². The van der Waals surface area contributed by atoms with Gasteiger partial charge in [-0.1, -0.05) is 32.1 Å². The topological polar surface area (TPSA) is 75.6 Å². The molecule has 1 amide bonds. The molecule has 21 heavy (non-hydrogen) atoms. The summed E-state index contributed by atoms with van der Waals surface area (Å²) in [7, 11) is 0. The Balaban J connectivity index is 2.41. The average Bonchev–Trinajstić information content (AvgIpc) is 2.34. The first kappa shape index (κ1) is 18.1. The van der Waals surface area contributed by atoms with E-state index in [9.17, 15) is 9.59 Å². The van der Waals surface area contributed by atoms with Gasteiger partial charge in [-0.15, -0.1) is 0 Å². The number of hydrogen-bond acceptors (Lipinski definition) is 4. The summed E-state index contributed by atoms with van der Waals surface area (Å²) in [5.74, 6) is 0.580. The first-order chi connectivity index (χ1) is 9.76. The van der Waals surface area contributed by atoms with Crippen molar-refractivity contribution in [3.05, 3.63) is 0 Å². The normalized spacial score (nSPS) is 18.0. The van der Waals surface area contributed by atoms with Crippen LogP contribution in [-0.2, 0) is 4.74 Å². The summed E-state index contributed by atoms with van der Waals surface area (Å²) >= 11 is 0.900. The first-order valence-corrected chi connectivity index (χ1v) is 8.50. The lowest BCUT2D eigenvalue weighted by atomic mass is 9.86. The Morgan fingerprint density at radius 3 is 2.43 bits per heavy atom. The van der Waals surface area contributed by atoms with Gasteiger partial charge in [0.2, 0.25) is 0 Å². The largest absolute Gasteiger partial charge is 0.473 e. The van der Waals surface area contributed by atoms with Crippen molar-refractivity contribution in [2.75, 3.05) is 6.54 Å². The highest BCUT2D eigenvalue weighted by molar-refractivity contribution is 8.13. The molecule has 0 bridgehead atoms. The Morgan fingerprint density at radius 1 is 1.29 bits per heavy atom. The number of hydrogen-bond donors (Lipinski definition) is 2. The van der Waals surface area contributed by atoms with Gasteiger partial charge in [0.15, 0.2) is 0 Å². The number of rotatable bonds is 5. The highest BCUT2D eigenvalue weighted by Crippen LogP contribution is 2.30. The lowest BCUT2D eigenvalue weighted by molar-refractivity contribution is 0.0526. The van der Waals surface area contributed by atoms with Crippen LogP contribution in [0.4, 0.5) is 9.59 Å². The molecule has 2 N–H and O–H groups in total. The summed E-state index contributed by atoms with van der Waals surface area (Å²) in [5, 5.41) is 10.7. The van der Waals surface area contributed by atoms with Crippen molar-refractivity contribution in [1.29, 1.82) is 0 Å². The van der Waals surface area contributed by atoms with Crippen LogP contribution in [0.2, 0.25) is 0 Å². The monoisotopic (exact) mass is 317 g/mol. The molecular formula is C15H27NO4S. The second-order valence-electron chi connectivity index (χ2n) is 6.63. The van der Waals surface area contributed by atoms with Gasteiger partial charge in [-0.05, 0) is 44.9 Å². The molecule has 1 aliphatic carbocycles. The van der Waals surface area contributed by atoms with Crippen LogP contribution in [0.15, 0.2) is 0 Å². The van der Waals surface area contributed by atoms with Gasteiger partial charge < -0.3 is 15.2 Å². The van der Waals surface area contributed by atoms with Crippen molar-refractivity contribution in [3.8, 4) is 0 Å². The Hall–Kier alpha value is -0.910. The summed E-state index contributed by atoms with van der Waals surface area (Å²) in [6.07, 6.45) is 6.44. The highest BCUT2D eigenvalue weighted by Gasteiger charge is 2.23. The average molecular weight is 317 g/mol. The maximum atomic E-state index is 11.7. The Bertz CT molecular complexity index is 348. The molecule has 0 aromatic carbocycles. The molecule has 0 aromatic heterocycles. The van der Waals surface area contributed by atoms with Gasteiger partial charge in [0.05, 0.1) is 0 Å². The molecule has 122 valence electrons. The van der Waals surface area contributed by atoms with E-state index >= 15 is 0 Å². The first-order valence-electron chi connectivity index (χ1n) is 7.62. The molecule has 0 aliphatic heterocycles. The maximum Gasteiger partial charge on any atom is 0.407 e.